The molecule has 1 aromatic heterocycles. The number of benzene rings is 4. The van der Waals surface area contributed by atoms with Crippen molar-refractivity contribution >= 4 is 17.5 Å². The van der Waals surface area contributed by atoms with Gasteiger partial charge in [-0.25, -0.2) is 4.68 Å². The second-order valence-electron chi connectivity index (χ2n) is 10.6. The first-order valence-corrected chi connectivity index (χ1v) is 15.0. The maximum atomic E-state index is 14.1. The molecule has 234 valence electrons. The minimum atomic E-state index is -0.653. The van der Waals surface area contributed by atoms with Crippen LogP contribution in [0.2, 0.25) is 0 Å². The number of carbonyl (C=O) groups excluding carboxylic acids is 1. The van der Waals surface area contributed by atoms with Crippen LogP contribution in [0.15, 0.2) is 108 Å². The molecule has 1 amide bonds. The Balaban J connectivity index is 1.43. The summed E-state index contributed by atoms with van der Waals surface area (Å²) < 4.78 is 24.9. The van der Waals surface area contributed by atoms with Crippen molar-refractivity contribution < 1.29 is 23.7 Å². The SMILES string of the molecule is CCOc1cc(C2C(C(=O)Nc3ccccc3OC)=C(C)Nc3nc(-c4cccc(OC)c4)nn32)ccc1OCc1ccccc1. The van der Waals surface area contributed by atoms with E-state index in [9.17, 15) is 4.79 Å². The van der Waals surface area contributed by atoms with Crippen LogP contribution in [0.5, 0.6) is 23.0 Å². The fourth-order valence-corrected chi connectivity index (χ4v) is 5.39. The number of fused-ring (bicyclic) bond motifs is 1. The Kier molecular flexibility index (Phi) is 8.87. The highest BCUT2D eigenvalue weighted by molar-refractivity contribution is 6.06. The minimum absolute atomic E-state index is 0.314. The number of para-hydroxylation sites is 2. The molecule has 0 radical (unpaired) electrons. The molecule has 6 rings (SSSR count). The second kappa shape index (κ2) is 13.5. The van der Waals surface area contributed by atoms with Gasteiger partial charge in [0.05, 0.1) is 32.1 Å². The first kappa shape index (κ1) is 30.3. The third-order valence-corrected chi connectivity index (χ3v) is 7.60. The van der Waals surface area contributed by atoms with E-state index in [1.54, 1.807) is 31.0 Å². The Morgan fingerprint density at radius 2 is 1.67 bits per heavy atom. The Morgan fingerprint density at radius 1 is 0.870 bits per heavy atom. The Hall–Kier alpha value is -5.77. The molecule has 2 heterocycles. The van der Waals surface area contributed by atoms with Gasteiger partial charge < -0.3 is 29.6 Å². The zero-order valence-corrected chi connectivity index (χ0v) is 26.1. The molecule has 0 spiro atoms. The number of ether oxygens (including phenoxy) is 4. The predicted octanol–water partition coefficient (Wildman–Crippen LogP) is 6.87. The molecule has 1 aliphatic rings. The number of nitrogens with one attached hydrogen (secondary N) is 2. The molecule has 1 atom stereocenters. The van der Waals surface area contributed by atoms with Gasteiger partial charge >= 0.3 is 0 Å². The highest BCUT2D eigenvalue weighted by Crippen LogP contribution is 2.40. The summed E-state index contributed by atoms with van der Waals surface area (Å²) in [6.07, 6.45) is 0. The van der Waals surface area contributed by atoms with Crippen LogP contribution in [0.4, 0.5) is 11.6 Å². The van der Waals surface area contributed by atoms with Gasteiger partial charge in [-0.3, -0.25) is 4.79 Å². The van der Waals surface area contributed by atoms with Gasteiger partial charge in [-0.05, 0) is 61.4 Å². The summed E-state index contributed by atoms with van der Waals surface area (Å²) in [5, 5.41) is 11.3. The van der Waals surface area contributed by atoms with E-state index in [0.29, 0.717) is 64.9 Å². The smallest absolute Gasteiger partial charge is 0.255 e. The third kappa shape index (κ3) is 6.23. The van der Waals surface area contributed by atoms with Gasteiger partial charge in [0.15, 0.2) is 17.3 Å². The number of hydrogen-bond donors (Lipinski definition) is 2. The van der Waals surface area contributed by atoms with Crippen molar-refractivity contribution in [3.63, 3.8) is 0 Å². The molecule has 2 N–H and O–H groups in total. The maximum Gasteiger partial charge on any atom is 0.255 e. The zero-order chi connectivity index (χ0) is 32.0. The van der Waals surface area contributed by atoms with Crippen LogP contribution in [0.1, 0.15) is 31.0 Å². The maximum absolute atomic E-state index is 14.1. The molecule has 10 nitrogen and oxygen atoms in total. The van der Waals surface area contributed by atoms with Crippen LogP contribution < -0.4 is 29.6 Å². The fourth-order valence-electron chi connectivity index (χ4n) is 5.39. The van der Waals surface area contributed by atoms with Gasteiger partial charge in [0, 0.05) is 11.3 Å². The van der Waals surface area contributed by atoms with E-state index in [0.717, 1.165) is 16.7 Å². The summed E-state index contributed by atoms with van der Waals surface area (Å²) in [6.45, 7) is 4.59. The lowest BCUT2D eigenvalue weighted by atomic mass is 9.94. The Morgan fingerprint density at radius 3 is 2.46 bits per heavy atom. The number of nitrogens with zero attached hydrogens (tertiary/aromatic N) is 3. The lowest BCUT2D eigenvalue weighted by Crippen LogP contribution is -2.31. The summed E-state index contributed by atoms with van der Waals surface area (Å²) in [5.74, 6) is 3.07. The van der Waals surface area contributed by atoms with Gasteiger partial charge in [0.25, 0.3) is 5.91 Å². The zero-order valence-electron chi connectivity index (χ0n) is 26.1. The summed E-state index contributed by atoms with van der Waals surface area (Å²) >= 11 is 0. The summed E-state index contributed by atoms with van der Waals surface area (Å²) in [7, 11) is 3.18. The van der Waals surface area contributed by atoms with Crippen LogP contribution in [-0.4, -0.2) is 41.5 Å². The number of anilines is 2. The first-order valence-electron chi connectivity index (χ1n) is 15.0. The molecule has 0 bridgehead atoms. The summed E-state index contributed by atoms with van der Waals surface area (Å²) in [4.78, 5) is 18.9. The third-order valence-electron chi connectivity index (χ3n) is 7.60. The second-order valence-corrected chi connectivity index (χ2v) is 10.6. The lowest BCUT2D eigenvalue weighted by Gasteiger charge is -2.29. The van der Waals surface area contributed by atoms with Gasteiger partial charge in [0.2, 0.25) is 5.95 Å². The van der Waals surface area contributed by atoms with Crippen LogP contribution in [0, 0.1) is 0 Å². The Bertz CT molecular complexity index is 1890. The van der Waals surface area contributed by atoms with Gasteiger partial charge in [-0.2, -0.15) is 4.98 Å². The number of methoxy groups -OCH3 is 2. The van der Waals surface area contributed by atoms with E-state index < -0.39 is 6.04 Å². The lowest BCUT2D eigenvalue weighted by molar-refractivity contribution is -0.113. The number of rotatable bonds is 11. The molecule has 0 saturated carbocycles. The Labute approximate surface area is 267 Å². The van der Waals surface area contributed by atoms with Gasteiger partial charge in [-0.15, -0.1) is 5.10 Å². The number of aromatic nitrogens is 3. The highest BCUT2D eigenvalue weighted by Gasteiger charge is 2.35. The molecule has 0 saturated heterocycles. The normalized spacial score (nSPS) is 13.8. The first-order chi connectivity index (χ1) is 22.5. The van der Waals surface area contributed by atoms with Gasteiger partial charge in [-0.1, -0.05) is 60.7 Å². The fraction of sp³-hybridized carbons (Fsp3) is 0.194. The van der Waals surface area contributed by atoms with Crippen LogP contribution in [-0.2, 0) is 11.4 Å². The molecule has 0 aliphatic carbocycles. The molecule has 1 aliphatic heterocycles. The van der Waals surface area contributed by atoms with Crippen LogP contribution in [0.25, 0.3) is 11.4 Å². The molecular weight excluding hydrogens is 582 g/mol. The number of amides is 1. The van der Waals surface area contributed by atoms with Crippen molar-refractivity contribution in [3.8, 4) is 34.4 Å². The van der Waals surface area contributed by atoms with E-state index >= 15 is 0 Å². The molecule has 4 aromatic carbocycles. The van der Waals surface area contributed by atoms with Crippen molar-refractivity contribution in [1.29, 1.82) is 0 Å². The molecule has 0 fully saturated rings. The number of carbonyl (C=O) groups is 1. The van der Waals surface area contributed by atoms with Gasteiger partial charge in [0.1, 0.15) is 24.1 Å². The number of allylic oxidation sites excluding steroid dienone is 1. The largest absolute Gasteiger partial charge is 0.497 e. The molecule has 46 heavy (non-hydrogen) atoms. The van der Waals surface area contributed by atoms with Crippen molar-refractivity contribution in [3.05, 3.63) is 119 Å². The molecular formula is C36H35N5O5. The average Bonchev–Trinajstić information content (AvgIpc) is 3.51. The monoisotopic (exact) mass is 617 g/mol. The van der Waals surface area contributed by atoms with Crippen molar-refractivity contribution in [2.45, 2.75) is 26.5 Å². The predicted molar refractivity (Wildman–Crippen MR) is 176 cm³/mol. The quantitative estimate of drug-likeness (QED) is 0.165. The van der Waals surface area contributed by atoms with Crippen molar-refractivity contribution in [1.82, 2.24) is 14.8 Å². The highest BCUT2D eigenvalue weighted by atomic mass is 16.5. The van der Waals surface area contributed by atoms with E-state index in [-0.39, 0.29) is 5.91 Å². The van der Waals surface area contributed by atoms with Crippen molar-refractivity contribution in [2.24, 2.45) is 0 Å². The summed E-state index contributed by atoms with van der Waals surface area (Å²) in [5.41, 5.74) is 4.23. The van der Waals surface area contributed by atoms with Crippen LogP contribution in [0.3, 0.4) is 0 Å². The van der Waals surface area contributed by atoms with E-state index in [1.165, 1.54) is 0 Å². The standard InChI is InChI=1S/C36H35N5O5/c1-5-45-31-21-25(18-19-30(31)46-22-24-12-7-6-8-13-24)33-32(35(42)38-28-16-9-10-17-29(28)44-4)23(2)37-36-39-34(40-41(33)36)26-14-11-15-27(20-26)43-3/h6-21,33H,5,22H2,1-4H3,(H,38,42)(H,37,39,40). The van der Waals surface area contributed by atoms with E-state index in [4.69, 9.17) is 29.0 Å². The molecule has 10 heteroatoms. The van der Waals surface area contributed by atoms with Crippen molar-refractivity contribution in [2.75, 3.05) is 31.5 Å². The van der Waals surface area contributed by atoms with E-state index in [2.05, 4.69) is 10.6 Å². The topological polar surface area (TPSA) is 109 Å². The minimum Gasteiger partial charge on any atom is -0.497 e. The van der Waals surface area contributed by atoms with E-state index in [1.807, 2.05) is 98.8 Å². The number of hydrogen-bond acceptors (Lipinski definition) is 8. The molecule has 1 unspecified atom stereocenters. The summed E-state index contributed by atoms with van der Waals surface area (Å²) in [6, 6.07) is 29.8. The van der Waals surface area contributed by atoms with Crippen LogP contribution >= 0.6 is 0 Å². The average molecular weight is 618 g/mol. The molecule has 5 aromatic rings.